The largest absolute Gasteiger partial charge is 0.393 e. The van der Waals surface area contributed by atoms with Crippen molar-refractivity contribution < 1.29 is 5.11 Å². The van der Waals surface area contributed by atoms with Gasteiger partial charge >= 0.3 is 0 Å². The fourth-order valence-electron chi connectivity index (χ4n) is 12.0. The van der Waals surface area contributed by atoms with Crippen LogP contribution in [0.4, 0.5) is 0 Å². The summed E-state index contributed by atoms with van der Waals surface area (Å²) in [6.07, 6.45) is 18.5. The molecule has 1 N–H and O–H groups in total. The van der Waals surface area contributed by atoms with Crippen molar-refractivity contribution in [1.29, 1.82) is 0 Å². The number of nitrogens with zero attached hydrogens (tertiary/aromatic N) is 1. The normalized spacial score (nSPS) is 32.2. The Hall–Kier alpha value is -1.49. The summed E-state index contributed by atoms with van der Waals surface area (Å²) in [5, 5.41) is 11.6. The van der Waals surface area contributed by atoms with Crippen LogP contribution in [0, 0.1) is 39.4 Å². The Morgan fingerprint density at radius 1 is 0.906 bits per heavy atom. The third-order valence-corrected chi connectivity index (χ3v) is 16.6. The van der Waals surface area contributed by atoms with Gasteiger partial charge in [-0.3, -0.25) is 0 Å². The van der Waals surface area contributed by atoms with Crippen LogP contribution < -0.4 is 0 Å². The Balaban J connectivity index is 0.000000215. The van der Waals surface area contributed by atoms with E-state index >= 15 is 0 Å². The van der Waals surface area contributed by atoms with Crippen LogP contribution in [0.3, 0.4) is 0 Å². The second-order valence-corrected chi connectivity index (χ2v) is 20.5. The van der Waals surface area contributed by atoms with E-state index in [-0.39, 0.29) is 23.9 Å². The Morgan fingerprint density at radius 3 is 2.34 bits per heavy atom. The van der Waals surface area contributed by atoms with Gasteiger partial charge < -0.3 is 10.0 Å². The van der Waals surface area contributed by atoms with Crippen molar-refractivity contribution >= 4 is 41.3 Å². The third-order valence-electron chi connectivity index (χ3n) is 15.2. The molecule has 7 rings (SSSR count). The Labute approximate surface area is 339 Å². The highest BCUT2D eigenvalue weighted by molar-refractivity contribution is 7.99. The van der Waals surface area contributed by atoms with E-state index in [4.69, 9.17) is 11.6 Å². The molecule has 0 amide bonds. The first kappa shape index (κ1) is 42.6. The zero-order valence-corrected chi connectivity index (χ0v) is 37.0. The van der Waals surface area contributed by atoms with Crippen molar-refractivity contribution in [3.63, 3.8) is 0 Å². The van der Waals surface area contributed by atoms with Gasteiger partial charge in [0.2, 0.25) is 0 Å². The monoisotopic (exact) mass is 777 g/mol. The molecule has 4 aliphatic carbocycles. The van der Waals surface area contributed by atoms with Gasteiger partial charge in [0.05, 0.1) is 6.10 Å². The predicted octanol–water partition coefficient (Wildman–Crippen LogP) is 14.1. The zero-order chi connectivity index (χ0) is 37.6. The predicted molar refractivity (Wildman–Crippen MR) is 232 cm³/mol. The topological polar surface area (TPSA) is 23.5 Å². The minimum atomic E-state index is -0.130. The highest BCUT2D eigenvalue weighted by Crippen LogP contribution is 2.72. The summed E-state index contributed by atoms with van der Waals surface area (Å²) in [4.78, 5) is 4.82. The molecule has 7 unspecified atom stereocenters. The van der Waals surface area contributed by atoms with Crippen LogP contribution in [-0.2, 0) is 0 Å². The van der Waals surface area contributed by atoms with Gasteiger partial charge in [0, 0.05) is 21.4 Å². The fourth-order valence-corrected chi connectivity index (χ4v) is 13.3. The second kappa shape index (κ2) is 16.5. The van der Waals surface area contributed by atoms with Gasteiger partial charge in [-0.05, 0) is 179 Å². The molecule has 7 atom stereocenters. The molecular weight excluding hydrogens is 710 g/mol. The van der Waals surface area contributed by atoms with E-state index in [0.29, 0.717) is 22.2 Å². The van der Waals surface area contributed by atoms with E-state index < -0.39 is 0 Å². The third kappa shape index (κ3) is 7.92. The number of rotatable bonds is 7. The zero-order valence-electron chi connectivity index (χ0n) is 34.6. The minimum absolute atomic E-state index is 0. The summed E-state index contributed by atoms with van der Waals surface area (Å²) in [7, 11) is 4.21. The molecule has 2 nitrogen and oxygen atoms in total. The Kier molecular flexibility index (Phi) is 13.3. The number of hydrogen-bond acceptors (Lipinski definition) is 3. The summed E-state index contributed by atoms with van der Waals surface area (Å²) in [6.45, 7) is 20.7. The van der Waals surface area contributed by atoms with Crippen LogP contribution >= 0.6 is 35.8 Å². The van der Waals surface area contributed by atoms with E-state index in [0.717, 1.165) is 36.2 Å². The van der Waals surface area contributed by atoms with Crippen LogP contribution in [0.25, 0.3) is 5.57 Å². The van der Waals surface area contributed by atoms with Gasteiger partial charge in [-0.25, -0.2) is 0 Å². The quantitative estimate of drug-likeness (QED) is 0.242. The summed E-state index contributed by atoms with van der Waals surface area (Å²) in [5.41, 5.74) is 10.3. The van der Waals surface area contributed by atoms with Crippen LogP contribution in [0.1, 0.15) is 137 Å². The van der Waals surface area contributed by atoms with E-state index in [9.17, 15) is 5.11 Å². The molecule has 1 heterocycles. The first-order chi connectivity index (χ1) is 24.5. The lowest BCUT2D eigenvalue weighted by molar-refractivity contribution is -0.0962. The van der Waals surface area contributed by atoms with Gasteiger partial charge in [0.1, 0.15) is 0 Å². The van der Waals surface area contributed by atoms with Gasteiger partial charge in [0.15, 0.2) is 0 Å². The van der Waals surface area contributed by atoms with Crippen LogP contribution in [0.5, 0.6) is 0 Å². The molecule has 5 aliphatic rings. The van der Waals surface area contributed by atoms with E-state index in [2.05, 4.69) is 123 Å². The first-order valence-corrected chi connectivity index (χ1v) is 21.7. The molecular formula is C48H69Cl2NOS. The van der Waals surface area contributed by atoms with Crippen molar-refractivity contribution in [2.24, 2.45) is 39.4 Å². The smallest absolute Gasteiger partial charge is 0.0594 e. The number of aliphatic hydroxyl groups is 1. The maximum absolute atomic E-state index is 10.8. The maximum Gasteiger partial charge on any atom is 0.0594 e. The molecule has 1 aliphatic heterocycles. The van der Waals surface area contributed by atoms with E-state index in [1.54, 1.807) is 0 Å². The Bertz CT molecular complexity index is 1720. The van der Waals surface area contributed by atoms with Crippen LogP contribution in [0.2, 0.25) is 5.02 Å². The molecule has 0 aromatic heterocycles. The highest BCUT2D eigenvalue weighted by Gasteiger charge is 2.63. The molecule has 2 saturated carbocycles. The summed E-state index contributed by atoms with van der Waals surface area (Å²) >= 11 is 8.03. The number of halogens is 2. The maximum atomic E-state index is 10.8. The molecule has 0 radical (unpaired) electrons. The van der Waals surface area contributed by atoms with Crippen molar-refractivity contribution in [2.75, 3.05) is 20.6 Å². The average Bonchev–Trinajstić information content (AvgIpc) is 3.37. The van der Waals surface area contributed by atoms with Crippen molar-refractivity contribution in [2.45, 2.75) is 142 Å². The number of allylic oxidation sites excluding steroid dienone is 4. The number of fused-ring (bicyclic) bond motifs is 6. The summed E-state index contributed by atoms with van der Waals surface area (Å²) in [6, 6.07) is 14.8. The second-order valence-electron chi connectivity index (χ2n) is 19.0. The van der Waals surface area contributed by atoms with E-state index in [1.807, 2.05) is 29.0 Å². The average molecular weight is 779 g/mol. The number of aliphatic hydroxyl groups excluding tert-OH is 1. The molecule has 2 aromatic carbocycles. The minimum Gasteiger partial charge on any atom is -0.393 e. The summed E-state index contributed by atoms with van der Waals surface area (Å²) in [5.74, 6) is 2.32. The Morgan fingerprint density at radius 2 is 1.62 bits per heavy atom. The SMILES string of the molecule is CC(C)=CCCC(C)C1CCC2(C)C3=C(CCC12C)C1(C)CCC(O)C(C)(C)C1CC3.CN(C)CCC=C1c2ccccc2Sc2ccc(Cl)cc21.Cl. The summed E-state index contributed by atoms with van der Waals surface area (Å²) < 4.78 is 0. The molecule has 2 aromatic rings. The lowest BCUT2D eigenvalue weighted by Gasteiger charge is -2.62. The lowest BCUT2D eigenvalue weighted by atomic mass is 9.43. The number of hydrogen-bond donors (Lipinski definition) is 1. The number of benzene rings is 2. The van der Waals surface area contributed by atoms with Crippen molar-refractivity contribution in [3.05, 3.63) is 87.5 Å². The molecule has 0 saturated heterocycles. The molecule has 0 bridgehead atoms. The standard InChI is InChI=1S/C30H50O.C18H18ClNS.ClH/c1-20(2)10-9-11-21(3)22-14-18-30(8)24-12-13-25-27(4,5)26(31)16-17-28(25,6)23(24)15-19-29(22,30)7;1-20(2)11-5-7-14-15-6-3-4-8-17(15)21-18-10-9-13(19)12-16(14)18;/h10,21-22,25-26,31H,9,11-19H2,1-8H3;3-4,6-10,12H,5,11H2,1-2H3;1H. The molecule has 53 heavy (non-hydrogen) atoms. The van der Waals surface area contributed by atoms with Crippen LogP contribution in [0.15, 0.2) is 81.1 Å². The van der Waals surface area contributed by atoms with E-state index in [1.165, 1.54) is 89.9 Å². The van der Waals surface area contributed by atoms with Crippen LogP contribution in [-0.4, -0.2) is 36.8 Å². The first-order valence-electron chi connectivity index (χ1n) is 20.5. The molecule has 292 valence electrons. The molecule has 5 heteroatoms. The highest BCUT2D eigenvalue weighted by atomic mass is 35.5. The van der Waals surface area contributed by atoms with Crippen molar-refractivity contribution in [3.8, 4) is 0 Å². The van der Waals surface area contributed by atoms with Gasteiger partial charge in [-0.1, -0.05) is 112 Å². The van der Waals surface area contributed by atoms with Crippen molar-refractivity contribution in [1.82, 2.24) is 4.90 Å². The van der Waals surface area contributed by atoms with Gasteiger partial charge in [-0.15, -0.1) is 12.4 Å². The fraction of sp³-hybridized carbons (Fsp3) is 0.625. The van der Waals surface area contributed by atoms with Gasteiger partial charge in [-0.2, -0.15) is 0 Å². The molecule has 2 fully saturated rings. The lowest BCUT2D eigenvalue weighted by Crippen LogP contribution is -2.55. The van der Waals surface area contributed by atoms with Gasteiger partial charge in [0.25, 0.3) is 0 Å². The molecule has 0 spiro atoms.